The summed E-state index contributed by atoms with van der Waals surface area (Å²) >= 11 is 0. The van der Waals surface area contributed by atoms with Crippen molar-refractivity contribution in [1.29, 1.82) is 0 Å². The average Bonchev–Trinajstić information content (AvgIpc) is 3.02. The molecule has 3 N–H and O–H groups in total. The maximum absolute atomic E-state index is 12.7. The number of amides is 1. The van der Waals surface area contributed by atoms with Crippen molar-refractivity contribution in [3.63, 3.8) is 0 Å². The fourth-order valence-electron chi connectivity index (χ4n) is 4.78. The number of benzene rings is 2. The fourth-order valence-corrected chi connectivity index (χ4v) is 6.17. The van der Waals surface area contributed by atoms with E-state index < -0.39 is 21.8 Å². The summed E-state index contributed by atoms with van der Waals surface area (Å²) in [5, 5.41) is 15.3. The highest BCUT2D eigenvalue weighted by Crippen LogP contribution is 2.19. The first-order valence-corrected chi connectivity index (χ1v) is 15.9. The quantitative estimate of drug-likeness (QED) is 0.225. The number of sulfone groups is 1. The largest absolute Gasteiger partial charge is 0.480 e. The molecule has 0 radical (unpaired) electrons. The van der Waals surface area contributed by atoms with E-state index in [1.807, 2.05) is 12.1 Å². The van der Waals surface area contributed by atoms with Crippen molar-refractivity contribution in [2.24, 2.45) is 0 Å². The number of carbonyl (C=O) groups excluding carboxylic acids is 1. The molecular weight excluding hydrogens is 556 g/mol. The SMILES string of the molecule is O=C(NCC(NCCCCCCS(=O)(=O)c1ccccc1)C(=O)O)c1ccc(N2CCN(c3ncccn3)CC2)cc1. The number of rotatable bonds is 15. The van der Waals surface area contributed by atoms with Crippen LogP contribution < -0.4 is 20.4 Å². The van der Waals surface area contributed by atoms with E-state index in [2.05, 4.69) is 30.4 Å². The van der Waals surface area contributed by atoms with Crippen LogP contribution in [-0.2, 0) is 14.6 Å². The molecule has 1 aliphatic rings. The van der Waals surface area contributed by atoms with E-state index in [0.717, 1.165) is 50.7 Å². The summed E-state index contributed by atoms with van der Waals surface area (Å²) in [5.74, 6) is -0.555. The van der Waals surface area contributed by atoms with Gasteiger partial charge in [0.15, 0.2) is 9.84 Å². The van der Waals surface area contributed by atoms with E-state index in [0.29, 0.717) is 29.8 Å². The number of unbranched alkanes of at least 4 members (excludes halogenated alkanes) is 3. The predicted octanol–water partition coefficient (Wildman–Crippen LogP) is 2.61. The highest BCUT2D eigenvalue weighted by molar-refractivity contribution is 7.91. The first-order valence-electron chi connectivity index (χ1n) is 14.2. The third-order valence-electron chi connectivity index (χ3n) is 7.21. The highest BCUT2D eigenvalue weighted by Gasteiger charge is 2.21. The van der Waals surface area contributed by atoms with Crippen LogP contribution in [0.25, 0.3) is 0 Å². The summed E-state index contributed by atoms with van der Waals surface area (Å²) in [6, 6.07) is 16.6. The topological polar surface area (TPSA) is 145 Å². The van der Waals surface area contributed by atoms with Crippen LogP contribution in [0.1, 0.15) is 36.0 Å². The summed E-state index contributed by atoms with van der Waals surface area (Å²) in [6.45, 7) is 3.62. The number of anilines is 2. The molecule has 1 fully saturated rings. The van der Waals surface area contributed by atoms with Crippen LogP contribution >= 0.6 is 0 Å². The molecule has 3 aromatic rings. The minimum atomic E-state index is -3.28. The van der Waals surface area contributed by atoms with E-state index >= 15 is 0 Å². The van der Waals surface area contributed by atoms with Crippen molar-refractivity contribution in [3.05, 3.63) is 78.6 Å². The Balaban J connectivity index is 1.13. The highest BCUT2D eigenvalue weighted by atomic mass is 32.2. The lowest BCUT2D eigenvalue weighted by molar-refractivity contribution is -0.139. The molecule has 11 nitrogen and oxygen atoms in total. The molecule has 1 amide bonds. The van der Waals surface area contributed by atoms with Gasteiger partial charge in [0.1, 0.15) is 6.04 Å². The first-order chi connectivity index (χ1) is 20.3. The Bertz CT molecular complexity index is 1380. The number of carboxylic acid groups (broad SMARTS) is 1. The molecule has 1 aromatic heterocycles. The first kappa shape index (κ1) is 30.9. The Labute approximate surface area is 246 Å². The van der Waals surface area contributed by atoms with Gasteiger partial charge in [-0.2, -0.15) is 0 Å². The normalized spacial score (nSPS) is 14.4. The number of hydrogen-bond donors (Lipinski definition) is 3. The van der Waals surface area contributed by atoms with E-state index in [4.69, 9.17) is 0 Å². The second kappa shape index (κ2) is 15.3. The van der Waals surface area contributed by atoms with Crippen LogP contribution in [0.5, 0.6) is 0 Å². The Morgan fingerprint density at radius 1 is 0.833 bits per heavy atom. The van der Waals surface area contributed by atoms with Crippen LogP contribution in [0.3, 0.4) is 0 Å². The number of hydrogen-bond acceptors (Lipinski definition) is 9. The molecule has 12 heteroatoms. The molecule has 0 aliphatic carbocycles. The number of nitrogens with one attached hydrogen (secondary N) is 2. The van der Waals surface area contributed by atoms with Crippen molar-refractivity contribution in [2.45, 2.75) is 36.6 Å². The van der Waals surface area contributed by atoms with Gasteiger partial charge in [-0.3, -0.25) is 9.59 Å². The van der Waals surface area contributed by atoms with E-state index in [1.165, 1.54) is 0 Å². The predicted molar refractivity (Wildman–Crippen MR) is 162 cm³/mol. The summed E-state index contributed by atoms with van der Waals surface area (Å²) in [6.07, 6.45) is 6.24. The van der Waals surface area contributed by atoms with E-state index in [-0.39, 0.29) is 18.2 Å². The molecule has 224 valence electrons. The van der Waals surface area contributed by atoms with Crippen LogP contribution in [0.15, 0.2) is 78.0 Å². The van der Waals surface area contributed by atoms with Crippen molar-refractivity contribution in [1.82, 2.24) is 20.6 Å². The van der Waals surface area contributed by atoms with Crippen molar-refractivity contribution in [2.75, 3.05) is 54.8 Å². The number of aromatic nitrogens is 2. The minimum Gasteiger partial charge on any atom is -0.480 e. The fraction of sp³-hybridized carbons (Fsp3) is 0.400. The van der Waals surface area contributed by atoms with Crippen molar-refractivity contribution < 1.29 is 23.1 Å². The molecule has 0 saturated carbocycles. The van der Waals surface area contributed by atoms with Gasteiger partial charge in [-0.15, -0.1) is 0 Å². The second-order valence-electron chi connectivity index (χ2n) is 10.2. The molecule has 2 aromatic carbocycles. The maximum atomic E-state index is 12.7. The number of carbonyl (C=O) groups is 2. The van der Waals surface area contributed by atoms with Crippen LogP contribution in [0.4, 0.5) is 11.6 Å². The Kier molecular flexibility index (Phi) is 11.2. The summed E-state index contributed by atoms with van der Waals surface area (Å²) in [5.41, 5.74) is 1.48. The lowest BCUT2D eigenvalue weighted by atomic mass is 10.1. The third-order valence-corrected chi connectivity index (χ3v) is 9.02. The van der Waals surface area contributed by atoms with Gasteiger partial charge in [0.2, 0.25) is 5.95 Å². The van der Waals surface area contributed by atoms with Crippen LogP contribution in [-0.4, -0.2) is 86.4 Å². The molecule has 2 heterocycles. The monoisotopic (exact) mass is 594 g/mol. The molecule has 0 spiro atoms. The van der Waals surface area contributed by atoms with Gasteiger partial charge in [0.05, 0.1) is 10.6 Å². The Morgan fingerprint density at radius 3 is 2.14 bits per heavy atom. The van der Waals surface area contributed by atoms with E-state index in [1.54, 1.807) is 60.9 Å². The zero-order valence-corrected chi connectivity index (χ0v) is 24.4. The molecule has 1 aliphatic heterocycles. The van der Waals surface area contributed by atoms with Gasteiger partial charge in [0, 0.05) is 56.4 Å². The van der Waals surface area contributed by atoms with Crippen molar-refractivity contribution in [3.8, 4) is 0 Å². The summed E-state index contributed by atoms with van der Waals surface area (Å²) < 4.78 is 24.7. The van der Waals surface area contributed by atoms with Crippen LogP contribution in [0.2, 0.25) is 0 Å². The summed E-state index contributed by atoms with van der Waals surface area (Å²) in [4.78, 5) is 37.7. The smallest absolute Gasteiger partial charge is 0.322 e. The molecule has 1 saturated heterocycles. The zero-order chi connectivity index (χ0) is 29.8. The van der Waals surface area contributed by atoms with E-state index in [9.17, 15) is 23.1 Å². The Hall–Kier alpha value is -4.03. The van der Waals surface area contributed by atoms with Gasteiger partial charge in [-0.25, -0.2) is 18.4 Å². The van der Waals surface area contributed by atoms with Gasteiger partial charge in [-0.05, 0) is 61.9 Å². The summed E-state index contributed by atoms with van der Waals surface area (Å²) in [7, 11) is -3.28. The number of piperazine rings is 1. The zero-order valence-electron chi connectivity index (χ0n) is 23.6. The molecule has 1 atom stereocenters. The molecule has 1 unspecified atom stereocenters. The van der Waals surface area contributed by atoms with Crippen molar-refractivity contribution >= 4 is 33.3 Å². The molecule has 0 bridgehead atoms. The standard InChI is InChI=1S/C30H38N6O5S/c37-28(24-11-13-25(14-12-24)35-18-20-36(21-19-35)30-32-16-8-17-33-30)34-23-27(29(38)39)31-15-6-1-2-7-22-42(40,41)26-9-4-3-5-10-26/h3-5,8-14,16-17,27,31H,1-2,6-7,15,18-23H2,(H,34,37)(H,38,39). The number of nitrogens with zero attached hydrogens (tertiary/aromatic N) is 4. The lowest BCUT2D eigenvalue weighted by Gasteiger charge is -2.36. The molecule has 42 heavy (non-hydrogen) atoms. The van der Waals surface area contributed by atoms with Gasteiger partial charge in [-0.1, -0.05) is 31.0 Å². The minimum absolute atomic E-state index is 0.0469. The van der Waals surface area contributed by atoms with Gasteiger partial charge < -0.3 is 25.5 Å². The van der Waals surface area contributed by atoms with Gasteiger partial charge >= 0.3 is 5.97 Å². The molecule has 4 rings (SSSR count). The maximum Gasteiger partial charge on any atom is 0.322 e. The molecular formula is C30H38N6O5S. The average molecular weight is 595 g/mol. The Morgan fingerprint density at radius 2 is 1.48 bits per heavy atom. The number of aliphatic carboxylic acids is 1. The van der Waals surface area contributed by atoms with Crippen LogP contribution in [0, 0.1) is 0 Å². The van der Waals surface area contributed by atoms with Gasteiger partial charge in [0.25, 0.3) is 5.91 Å². The number of carboxylic acids is 1. The third kappa shape index (κ3) is 8.98. The lowest BCUT2D eigenvalue weighted by Crippen LogP contribution is -2.47. The second-order valence-corrected chi connectivity index (χ2v) is 12.3.